The summed E-state index contributed by atoms with van der Waals surface area (Å²) in [5.41, 5.74) is 1.68. The van der Waals surface area contributed by atoms with Gasteiger partial charge < -0.3 is 20.5 Å². The average molecular weight is 505 g/mol. The van der Waals surface area contributed by atoms with Gasteiger partial charge >= 0.3 is 0 Å². The molecule has 5 rings (SSSR count). The van der Waals surface area contributed by atoms with Crippen molar-refractivity contribution < 1.29 is 14.4 Å². The first kappa shape index (κ1) is 25.0. The van der Waals surface area contributed by atoms with Gasteiger partial charge in [0.2, 0.25) is 5.91 Å². The van der Waals surface area contributed by atoms with Crippen LogP contribution in [0.5, 0.6) is 0 Å². The number of para-hydroxylation sites is 1. The summed E-state index contributed by atoms with van der Waals surface area (Å²) < 4.78 is 1.54. The summed E-state index contributed by atoms with van der Waals surface area (Å²) in [5, 5.41) is 11.7. The first-order chi connectivity index (χ1) is 17.9. The molecule has 3 aromatic rings. The Kier molecular flexibility index (Phi) is 7.04. The summed E-state index contributed by atoms with van der Waals surface area (Å²) in [5.74, 6) is -0.726. The van der Waals surface area contributed by atoms with Gasteiger partial charge in [-0.05, 0) is 44.2 Å². The number of aromatic amines is 1. The summed E-state index contributed by atoms with van der Waals surface area (Å²) in [6.07, 6.45) is 8.52. The third-order valence-corrected chi connectivity index (χ3v) is 7.80. The minimum atomic E-state index is -1.06. The molecule has 3 N–H and O–H groups in total. The summed E-state index contributed by atoms with van der Waals surface area (Å²) in [6.45, 7) is 5.03. The van der Waals surface area contributed by atoms with E-state index >= 15 is 0 Å². The highest BCUT2D eigenvalue weighted by molar-refractivity contribution is 6.02. The zero-order chi connectivity index (χ0) is 26.0. The molecule has 0 bridgehead atoms. The number of benzene rings is 1. The molecule has 9 nitrogen and oxygen atoms in total. The molecule has 1 aromatic carbocycles. The number of hydrogen-bond acceptors (Lipinski definition) is 4. The van der Waals surface area contributed by atoms with Crippen molar-refractivity contribution >= 4 is 28.6 Å². The molecule has 2 aromatic heterocycles. The zero-order valence-electron chi connectivity index (χ0n) is 21.7. The number of hydrogen-bond donors (Lipinski definition) is 3. The Bertz CT molecular complexity index is 1300. The summed E-state index contributed by atoms with van der Waals surface area (Å²) in [4.78, 5) is 44.9. The van der Waals surface area contributed by atoms with Crippen LogP contribution in [0.1, 0.15) is 78.9 Å². The molecule has 0 unspecified atom stereocenters. The molecule has 196 valence electrons. The maximum atomic E-state index is 13.6. The maximum Gasteiger partial charge on any atom is 0.273 e. The molecule has 1 fully saturated rings. The summed E-state index contributed by atoms with van der Waals surface area (Å²) >= 11 is 0. The SMILES string of the molecule is CCCCN1C(=O)c2cc(C(=O)NCCc3c[nH]c4ccccc34)nn2C[C@@]1(C)C(=O)NC1CCCC1. The Morgan fingerprint density at radius 3 is 2.78 bits per heavy atom. The minimum absolute atomic E-state index is 0.144. The molecule has 37 heavy (non-hydrogen) atoms. The van der Waals surface area contributed by atoms with Crippen LogP contribution < -0.4 is 10.6 Å². The number of nitrogens with zero attached hydrogens (tertiary/aromatic N) is 3. The van der Waals surface area contributed by atoms with E-state index in [-0.39, 0.29) is 36.0 Å². The molecule has 1 saturated carbocycles. The molecule has 2 aliphatic rings. The van der Waals surface area contributed by atoms with Gasteiger partial charge in [-0.15, -0.1) is 0 Å². The van der Waals surface area contributed by atoms with Crippen molar-refractivity contribution in [2.75, 3.05) is 13.1 Å². The molecule has 1 aliphatic heterocycles. The fraction of sp³-hybridized carbons (Fsp3) is 0.500. The van der Waals surface area contributed by atoms with Crippen LogP contribution >= 0.6 is 0 Å². The van der Waals surface area contributed by atoms with Gasteiger partial charge in [-0.3, -0.25) is 19.1 Å². The molecular formula is C28H36N6O3. The predicted molar refractivity (Wildman–Crippen MR) is 141 cm³/mol. The van der Waals surface area contributed by atoms with Crippen LogP contribution in [0.3, 0.4) is 0 Å². The van der Waals surface area contributed by atoms with Gasteiger partial charge in [-0.2, -0.15) is 5.10 Å². The quantitative estimate of drug-likeness (QED) is 0.415. The molecule has 0 saturated heterocycles. The minimum Gasteiger partial charge on any atom is -0.361 e. The van der Waals surface area contributed by atoms with Gasteiger partial charge in [0.25, 0.3) is 11.8 Å². The van der Waals surface area contributed by atoms with Gasteiger partial charge in [0.1, 0.15) is 11.2 Å². The van der Waals surface area contributed by atoms with Crippen LogP contribution in [0.2, 0.25) is 0 Å². The Balaban J connectivity index is 1.30. The molecule has 3 amide bonds. The maximum absolute atomic E-state index is 13.6. The van der Waals surface area contributed by atoms with E-state index in [0.717, 1.165) is 55.0 Å². The van der Waals surface area contributed by atoms with E-state index in [9.17, 15) is 14.4 Å². The lowest BCUT2D eigenvalue weighted by molar-refractivity contribution is -0.133. The third-order valence-electron chi connectivity index (χ3n) is 7.80. The number of nitrogens with one attached hydrogen (secondary N) is 3. The van der Waals surface area contributed by atoms with E-state index in [1.54, 1.807) is 11.0 Å². The van der Waals surface area contributed by atoms with Crippen LogP contribution in [-0.4, -0.2) is 62.1 Å². The lowest BCUT2D eigenvalue weighted by atomic mass is 9.94. The number of aromatic nitrogens is 3. The van der Waals surface area contributed by atoms with E-state index in [1.807, 2.05) is 31.3 Å². The van der Waals surface area contributed by atoms with Crippen LogP contribution in [0.25, 0.3) is 10.9 Å². The van der Waals surface area contributed by atoms with Crippen molar-refractivity contribution in [1.82, 2.24) is 30.3 Å². The van der Waals surface area contributed by atoms with Crippen molar-refractivity contribution in [3.63, 3.8) is 0 Å². The van der Waals surface area contributed by atoms with Gasteiger partial charge in [0.05, 0.1) is 6.54 Å². The number of amides is 3. The zero-order valence-corrected chi connectivity index (χ0v) is 21.7. The van der Waals surface area contributed by atoms with E-state index in [4.69, 9.17) is 0 Å². The number of rotatable bonds is 9. The largest absolute Gasteiger partial charge is 0.361 e. The van der Waals surface area contributed by atoms with Crippen molar-refractivity contribution in [1.29, 1.82) is 0 Å². The van der Waals surface area contributed by atoms with Gasteiger partial charge in [0.15, 0.2) is 5.69 Å². The number of carbonyl (C=O) groups excluding carboxylic acids is 3. The fourth-order valence-electron chi connectivity index (χ4n) is 5.57. The van der Waals surface area contributed by atoms with Crippen molar-refractivity contribution in [2.45, 2.75) is 76.9 Å². The second-order valence-electron chi connectivity index (χ2n) is 10.5. The highest BCUT2D eigenvalue weighted by atomic mass is 16.2. The monoisotopic (exact) mass is 504 g/mol. The van der Waals surface area contributed by atoms with E-state index in [0.29, 0.717) is 25.2 Å². The smallest absolute Gasteiger partial charge is 0.273 e. The van der Waals surface area contributed by atoms with Crippen molar-refractivity contribution in [3.05, 3.63) is 53.5 Å². The van der Waals surface area contributed by atoms with Crippen LogP contribution in [0.15, 0.2) is 36.5 Å². The first-order valence-corrected chi connectivity index (χ1v) is 13.4. The fourth-order valence-corrected chi connectivity index (χ4v) is 5.57. The third kappa shape index (κ3) is 4.86. The van der Waals surface area contributed by atoms with E-state index in [1.165, 1.54) is 4.68 Å². The normalized spacial score (nSPS) is 19.8. The Hall–Kier alpha value is -3.62. The van der Waals surface area contributed by atoms with Crippen molar-refractivity contribution in [2.24, 2.45) is 0 Å². The van der Waals surface area contributed by atoms with Gasteiger partial charge in [-0.1, -0.05) is 44.4 Å². The Morgan fingerprint density at radius 2 is 2.00 bits per heavy atom. The number of unbranched alkanes of at least 4 members (excludes halogenated alkanes) is 1. The highest BCUT2D eigenvalue weighted by Gasteiger charge is 2.48. The molecule has 1 aliphatic carbocycles. The Labute approximate surface area is 217 Å². The van der Waals surface area contributed by atoms with Crippen molar-refractivity contribution in [3.8, 4) is 0 Å². The molecule has 1 atom stereocenters. The van der Waals surface area contributed by atoms with Crippen LogP contribution in [0.4, 0.5) is 0 Å². The standard InChI is InChI=1S/C28H36N6O3/c1-3-4-15-33-26(36)24-16-23(25(35)29-14-13-19-17-30-22-12-8-7-11-21(19)22)32-34(24)18-28(33,2)27(37)31-20-9-5-6-10-20/h7-8,11-12,16-17,20,30H,3-6,9-10,13-15,18H2,1-2H3,(H,29,35)(H,31,37)/t28-/m0/s1. The van der Waals surface area contributed by atoms with Crippen LogP contribution in [-0.2, 0) is 17.8 Å². The highest BCUT2D eigenvalue weighted by Crippen LogP contribution is 2.29. The number of H-pyrrole nitrogens is 1. The van der Waals surface area contributed by atoms with E-state index < -0.39 is 5.54 Å². The lowest BCUT2D eigenvalue weighted by Crippen LogP contribution is -2.65. The molecule has 0 radical (unpaired) electrons. The molecule has 0 spiro atoms. The topological polar surface area (TPSA) is 112 Å². The molecular weight excluding hydrogens is 468 g/mol. The molecule has 3 heterocycles. The summed E-state index contributed by atoms with van der Waals surface area (Å²) in [6, 6.07) is 9.77. The number of fused-ring (bicyclic) bond motifs is 2. The lowest BCUT2D eigenvalue weighted by Gasteiger charge is -2.43. The molecule has 9 heteroatoms. The predicted octanol–water partition coefficient (Wildman–Crippen LogP) is 3.41. The first-order valence-electron chi connectivity index (χ1n) is 13.4. The van der Waals surface area contributed by atoms with Gasteiger partial charge in [-0.25, -0.2) is 0 Å². The van der Waals surface area contributed by atoms with Crippen LogP contribution in [0, 0.1) is 0 Å². The van der Waals surface area contributed by atoms with Gasteiger partial charge in [0, 0.05) is 42.3 Å². The second kappa shape index (κ2) is 10.4. The Morgan fingerprint density at radius 1 is 1.22 bits per heavy atom. The number of carbonyl (C=O) groups is 3. The van der Waals surface area contributed by atoms with E-state index in [2.05, 4.69) is 33.7 Å². The summed E-state index contributed by atoms with van der Waals surface area (Å²) in [7, 11) is 0. The average Bonchev–Trinajstić information content (AvgIpc) is 3.64. The second-order valence-corrected chi connectivity index (χ2v) is 10.5.